The summed E-state index contributed by atoms with van der Waals surface area (Å²) in [5.74, 6) is -1.26. The number of hydrogen-bond donors (Lipinski definition) is 0. The molecule has 2 saturated heterocycles. The van der Waals surface area contributed by atoms with Crippen LogP contribution >= 0.6 is 0 Å². The van der Waals surface area contributed by atoms with E-state index in [1.54, 1.807) is 38.5 Å². The molecule has 0 amide bonds. The van der Waals surface area contributed by atoms with Gasteiger partial charge < -0.3 is 18.6 Å². The fourth-order valence-corrected chi connectivity index (χ4v) is 7.22. The second kappa shape index (κ2) is 6.49. The van der Waals surface area contributed by atoms with E-state index >= 15 is 0 Å². The normalized spacial score (nSPS) is 45.0. The van der Waals surface area contributed by atoms with Gasteiger partial charge in [0.25, 0.3) is 0 Å². The van der Waals surface area contributed by atoms with Crippen LogP contribution < -0.4 is 0 Å². The molecule has 7 nitrogen and oxygen atoms in total. The molecule has 1 aromatic rings. The lowest BCUT2D eigenvalue weighted by molar-refractivity contribution is -0.231. The maximum Gasteiger partial charge on any atom is 0.333 e. The van der Waals surface area contributed by atoms with Gasteiger partial charge in [-0.25, -0.2) is 4.79 Å². The summed E-state index contributed by atoms with van der Waals surface area (Å²) in [4.78, 5) is 39.7. The maximum atomic E-state index is 13.7. The van der Waals surface area contributed by atoms with Gasteiger partial charge in [-0.1, -0.05) is 19.9 Å². The molecule has 32 heavy (non-hydrogen) atoms. The number of carbonyl (C=O) groups is 3. The minimum absolute atomic E-state index is 0.211. The molecule has 0 radical (unpaired) electrons. The molecule has 7 heteroatoms. The van der Waals surface area contributed by atoms with Crippen molar-refractivity contribution in [2.75, 3.05) is 0 Å². The molecular weight excluding hydrogens is 412 g/mol. The average molecular weight is 443 g/mol. The Morgan fingerprint density at radius 1 is 1.22 bits per heavy atom. The van der Waals surface area contributed by atoms with Crippen molar-refractivity contribution in [3.63, 3.8) is 0 Å². The second-order valence-corrected chi connectivity index (χ2v) is 10.4. The summed E-state index contributed by atoms with van der Waals surface area (Å²) in [7, 11) is 0. The van der Waals surface area contributed by atoms with Gasteiger partial charge in [0.2, 0.25) is 0 Å². The first-order valence-corrected chi connectivity index (χ1v) is 11.4. The van der Waals surface area contributed by atoms with Crippen LogP contribution in [0.4, 0.5) is 0 Å². The molecule has 3 heterocycles. The highest BCUT2D eigenvalue weighted by molar-refractivity contribution is 5.90. The average Bonchev–Trinajstić information content (AvgIpc) is 3.49. The smallest absolute Gasteiger partial charge is 0.333 e. The number of allylic oxidation sites excluding steroid dienone is 1. The number of cyclic esters (lactones) is 1. The molecule has 4 aliphatic rings. The number of furan rings is 1. The molecule has 1 aromatic heterocycles. The van der Waals surface area contributed by atoms with E-state index in [0.29, 0.717) is 31.3 Å². The second-order valence-electron chi connectivity index (χ2n) is 10.4. The summed E-state index contributed by atoms with van der Waals surface area (Å²) >= 11 is 0. The van der Waals surface area contributed by atoms with E-state index in [2.05, 4.69) is 0 Å². The predicted molar refractivity (Wildman–Crippen MR) is 112 cm³/mol. The van der Waals surface area contributed by atoms with Crippen LogP contribution in [0.1, 0.15) is 72.0 Å². The van der Waals surface area contributed by atoms with E-state index in [9.17, 15) is 14.4 Å². The van der Waals surface area contributed by atoms with Crippen molar-refractivity contribution in [1.29, 1.82) is 0 Å². The van der Waals surface area contributed by atoms with Crippen LogP contribution in [0.5, 0.6) is 0 Å². The molecule has 0 unspecified atom stereocenters. The first-order valence-electron chi connectivity index (χ1n) is 11.4. The lowest BCUT2D eigenvalue weighted by Gasteiger charge is -2.58. The fraction of sp³-hybridized carbons (Fsp3) is 0.640. The molecule has 0 N–H and O–H groups in total. The third kappa shape index (κ3) is 2.15. The quantitative estimate of drug-likeness (QED) is 0.392. The summed E-state index contributed by atoms with van der Waals surface area (Å²) in [6.07, 6.45) is 5.83. The minimum atomic E-state index is -1.09. The van der Waals surface area contributed by atoms with Gasteiger partial charge in [-0.3, -0.25) is 9.59 Å². The lowest BCUT2D eigenvalue weighted by Crippen LogP contribution is -2.68. The van der Waals surface area contributed by atoms with Crippen molar-refractivity contribution < 1.29 is 33.0 Å². The van der Waals surface area contributed by atoms with Crippen molar-refractivity contribution in [1.82, 2.24) is 0 Å². The monoisotopic (exact) mass is 442 g/mol. The molecular formula is C25H30O7. The summed E-state index contributed by atoms with van der Waals surface area (Å²) in [5, 5.41) is 0. The Labute approximate surface area is 187 Å². The SMILES string of the molecule is CC=C(C)C(=O)O[C@@H]1C[C@@H](C)[C@]2(C[C@H](c3ccoc3)OC2=O)[C@@]23CC[C@@](C)(C(=O)O2)[C@@]13C. The van der Waals surface area contributed by atoms with E-state index in [1.807, 2.05) is 20.8 Å². The number of ether oxygens (including phenoxy) is 3. The maximum absolute atomic E-state index is 13.7. The van der Waals surface area contributed by atoms with Crippen LogP contribution in [0.2, 0.25) is 0 Å². The summed E-state index contributed by atoms with van der Waals surface area (Å²) in [5.41, 5.74) is -2.48. The zero-order valence-electron chi connectivity index (χ0n) is 19.2. The molecule has 5 rings (SSSR count). The fourth-order valence-electron chi connectivity index (χ4n) is 7.22. The number of hydrogen-bond acceptors (Lipinski definition) is 7. The van der Waals surface area contributed by atoms with Gasteiger partial charge in [0, 0.05) is 17.6 Å². The van der Waals surface area contributed by atoms with E-state index in [4.69, 9.17) is 18.6 Å². The molecule has 2 aliphatic carbocycles. The molecule has 0 aromatic carbocycles. The van der Waals surface area contributed by atoms with Crippen molar-refractivity contribution in [3.05, 3.63) is 35.8 Å². The van der Waals surface area contributed by atoms with Crippen LogP contribution in [0.25, 0.3) is 0 Å². The summed E-state index contributed by atoms with van der Waals surface area (Å²) in [6.45, 7) is 9.35. The van der Waals surface area contributed by atoms with Crippen LogP contribution in [-0.2, 0) is 28.6 Å². The van der Waals surface area contributed by atoms with Gasteiger partial charge in [-0.05, 0) is 52.0 Å². The first kappa shape index (κ1) is 21.3. The zero-order chi connectivity index (χ0) is 23.1. The Morgan fingerprint density at radius 2 is 1.97 bits per heavy atom. The lowest BCUT2D eigenvalue weighted by atomic mass is 9.45. The first-order chi connectivity index (χ1) is 15.1. The summed E-state index contributed by atoms with van der Waals surface area (Å²) < 4.78 is 23.4. The number of rotatable bonds is 3. The Bertz CT molecular complexity index is 1030. The Kier molecular flexibility index (Phi) is 4.31. The van der Waals surface area contributed by atoms with Gasteiger partial charge in [0.05, 0.1) is 23.4 Å². The number of carbonyl (C=O) groups excluding carboxylic acids is 3. The molecule has 2 saturated carbocycles. The van der Waals surface area contributed by atoms with Crippen molar-refractivity contribution in [2.45, 2.75) is 78.1 Å². The van der Waals surface area contributed by atoms with E-state index in [1.165, 1.54) is 0 Å². The molecule has 4 fully saturated rings. The van der Waals surface area contributed by atoms with E-state index < -0.39 is 40.0 Å². The van der Waals surface area contributed by atoms with Gasteiger partial charge >= 0.3 is 17.9 Å². The van der Waals surface area contributed by atoms with Gasteiger partial charge in [0.15, 0.2) is 0 Å². The predicted octanol–water partition coefficient (Wildman–Crippen LogP) is 4.27. The Hall–Kier alpha value is -2.57. The third-order valence-electron chi connectivity index (χ3n) is 9.49. The highest BCUT2D eigenvalue weighted by Crippen LogP contribution is 2.78. The van der Waals surface area contributed by atoms with Crippen molar-refractivity contribution in [3.8, 4) is 0 Å². The van der Waals surface area contributed by atoms with Gasteiger partial charge in [0.1, 0.15) is 23.2 Å². The van der Waals surface area contributed by atoms with E-state index in [-0.39, 0.29) is 17.9 Å². The molecule has 172 valence electrons. The standard InChI is InChI=1S/C25H30O7/c1-6-14(2)19(26)31-18-11-15(3)24(12-17(30-21(24)28)16-7-10-29-13-16)25-9-8-22(4,20(27)32-25)23(18,25)5/h6-7,10,13,15,17-18H,8-9,11-12H2,1-5H3/t15-,17-,18-,22+,23-,24+,25+/m1/s1. The summed E-state index contributed by atoms with van der Waals surface area (Å²) in [6, 6.07) is 1.80. The van der Waals surface area contributed by atoms with Crippen LogP contribution in [0, 0.1) is 22.2 Å². The zero-order valence-corrected chi connectivity index (χ0v) is 19.2. The molecule has 1 spiro atoms. The Balaban J connectivity index is 1.64. The largest absolute Gasteiger partial charge is 0.472 e. The topological polar surface area (TPSA) is 92.0 Å². The van der Waals surface area contributed by atoms with E-state index in [0.717, 1.165) is 5.56 Å². The Morgan fingerprint density at radius 3 is 2.59 bits per heavy atom. The van der Waals surface area contributed by atoms with Crippen molar-refractivity contribution >= 4 is 17.9 Å². The molecule has 2 aliphatic heterocycles. The van der Waals surface area contributed by atoms with Gasteiger partial charge in [-0.2, -0.15) is 0 Å². The number of esters is 3. The van der Waals surface area contributed by atoms with Crippen LogP contribution in [0.15, 0.2) is 34.7 Å². The third-order valence-corrected chi connectivity index (χ3v) is 9.49. The van der Waals surface area contributed by atoms with Crippen LogP contribution in [0.3, 0.4) is 0 Å². The highest BCUT2D eigenvalue weighted by atomic mass is 16.6. The molecule has 2 bridgehead atoms. The van der Waals surface area contributed by atoms with Gasteiger partial charge in [-0.15, -0.1) is 0 Å². The van der Waals surface area contributed by atoms with Crippen molar-refractivity contribution in [2.24, 2.45) is 22.2 Å². The highest BCUT2D eigenvalue weighted by Gasteiger charge is 2.88. The molecule has 7 atom stereocenters. The van der Waals surface area contributed by atoms with Crippen LogP contribution in [-0.4, -0.2) is 29.6 Å². The minimum Gasteiger partial charge on any atom is -0.472 e.